The van der Waals surface area contributed by atoms with Gasteiger partial charge in [-0.3, -0.25) is 4.79 Å². The number of hydrogen-bond donors (Lipinski definition) is 0. The number of halogens is 5. The normalized spacial score (nSPS) is 15.5. The molecule has 164 valence electrons. The Bertz CT molecular complexity index is 1100. The van der Waals surface area contributed by atoms with Gasteiger partial charge in [0.05, 0.1) is 40.7 Å². The zero-order chi connectivity index (χ0) is 22.9. The molecule has 1 heterocycles. The van der Waals surface area contributed by atoms with E-state index in [0.29, 0.717) is 38.3 Å². The number of amides is 1. The van der Waals surface area contributed by atoms with Crippen molar-refractivity contribution >= 4 is 55.2 Å². The minimum absolute atomic E-state index is 0.0343. The second-order valence-corrected chi connectivity index (χ2v) is 8.05. The van der Waals surface area contributed by atoms with Gasteiger partial charge in [-0.25, -0.2) is 0 Å². The molecule has 2 aromatic carbocycles. The molecule has 0 spiro atoms. The average molecular weight is 562 g/mol. The van der Waals surface area contributed by atoms with Crippen molar-refractivity contribution in [3.8, 4) is 11.5 Å². The van der Waals surface area contributed by atoms with Crippen LogP contribution in [-0.4, -0.2) is 25.3 Å². The molecule has 31 heavy (non-hydrogen) atoms. The lowest BCUT2D eigenvalue weighted by molar-refractivity contribution is -0.137. The molecule has 2 aromatic rings. The summed E-state index contributed by atoms with van der Waals surface area (Å²) in [5.41, 5.74) is 0.406. The van der Waals surface area contributed by atoms with Gasteiger partial charge in [-0.1, -0.05) is 6.07 Å². The first kappa shape index (κ1) is 23.3. The van der Waals surface area contributed by atoms with Crippen molar-refractivity contribution in [1.29, 1.82) is 0 Å². The first-order chi connectivity index (χ1) is 14.6. The van der Waals surface area contributed by atoms with Gasteiger partial charge < -0.3 is 9.47 Å². The fourth-order valence-corrected chi connectivity index (χ4v) is 3.92. The molecule has 1 aliphatic heterocycles. The summed E-state index contributed by atoms with van der Waals surface area (Å²) in [6.45, 7) is 3.89. The number of carbonyl (C=O) groups excluding carboxylic acids is 1. The average Bonchev–Trinajstić information content (AvgIpc) is 3.01. The maximum Gasteiger partial charge on any atom is 0.416 e. The van der Waals surface area contributed by atoms with E-state index in [2.05, 4.69) is 37.0 Å². The number of methoxy groups -OCH3 is 1. The Morgan fingerprint density at radius 1 is 1.19 bits per heavy atom. The molecule has 0 saturated heterocycles. The van der Waals surface area contributed by atoms with Gasteiger partial charge in [-0.15, -0.1) is 0 Å². The van der Waals surface area contributed by atoms with Crippen molar-refractivity contribution in [2.45, 2.75) is 20.0 Å². The predicted molar refractivity (Wildman–Crippen MR) is 120 cm³/mol. The molecular weight excluding hydrogens is 545 g/mol. The fraction of sp³-hybridized carbons (Fsp3) is 0.238. The van der Waals surface area contributed by atoms with Gasteiger partial charge in [0.15, 0.2) is 11.5 Å². The Morgan fingerprint density at radius 3 is 2.52 bits per heavy atom. The van der Waals surface area contributed by atoms with Crippen LogP contribution in [0.2, 0.25) is 0 Å². The SMILES string of the molecule is CCOc1c(OC)cc(/C=C2/C(=O)N(c3cccc(C(F)(F)F)c3)N=C2C)c(Br)c1Br. The van der Waals surface area contributed by atoms with E-state index >= 15 is 0 Å². The molecule has 0 N–H and O–H groups in total. The number of ether oxygens (including phenoxy) is 2. The monoisotopic (exact) mass is 560 g/mol. The van der Waals surface area contributed by atoms with Crippen LogP contribution in [-0.2, 0) is 11.0 Å². The standard InChI is InChI=1S/C21H17Br2F3N2O3/c1-4-31-19-16(30-3)9-12(17(22)18(19)23)8-15-11(2)27-28(20(15)29)14-7-5-6-13(10-14)21(24,25)26/h5-10H,4H2,1-3H3/b15-8+. The Kier molecular flexibility index (Phi) is 6.80. The van der Waals surface area contributed by atoms with E-state index < -0.39 is 17.6 Å². The molecule has 0 aliphatic carbocycles. The second-order valence-electron chi connectivity index (χ2n) is 6.47. The number of hydrogen-bond acceptors (Lipinski definition) is 4. The Hall–Kier alpha value is -2.33. The zero-order valence-electron chi connectivity index (χ0n) is 16.7. The number of nitrogens with zero attached hydrogens (tertiary/aromatic N) is 2. The Morgan fingerprint density at radius 2 is 1.90 bits per heavy atom. The smallest absolute Gasteiger partial charge is 0.416 e. The summed E-state index contributed by atoms with van der Waals surface area (Å²) in [5, 5.41) is 5.13. The number of carbonyl (C=O) groups is 1. The fourth-order valence-electron chi connectivity index (χ4n) is 2.97. The van der Waals surface area contributed by atoms with Crippen LogP contribution in [0.3, 0.4) is 0 Å². The molecule has 0 saturated carbocycles. The van der Waals surface area contributed by atoms with Crippen LogP contribution in [0.5, 0.6) is 11.5 Å². The zero-order valence-corrected chi connectivity index (χ0v) is 19.9. The summed E-state index contributed by atoms with van der Waals surface area (Å²) in [6.07, 6.45) is -2.92. The summed E-state index contributed by atoms with van der Waals surface area (Å²) in [7, 11) is 1.50. The van der Waals surface area contributed by atoms with E-state index in [0.717, 1.165) is 17.1 Å². The van der Waals surface area contributed by atoms with E-state index in [1.165, 1.54) is 19.2 Å². The Labute approximate surface area is 193 Å². The molecule has 0 aromatic heterocycles. The van der Waals surface area contributed by atoms with Crippen LogP contribution in [0.4, 0.5) is 18.9 Å². The van der Waals surface area contributed by atoms with E-state index in [1.54, 1.807) is 19.1 Å². The summed E-state index contributed by atoms with van der Waals surface area (Å²) in [4.78, 5) is 13.0. The molecule has 1 amide bonds. The minimum atomic E-state index is -4.52. The van der Waals surface area contributed by atoms with Gasteiger partial charge >= 0.3 is 6.18 Å². The quantitative estimate of drug-likeness (QED) is 0.394. The lowest BCUT2D eigenvalue weighted by Crippen LogP contribution is -2.21. The largest absolute Gasteiger partial charge is 0.493 e. The molecule has 0 bridgehead atoms. The van der Waals surface area contributed by atoms with Crippen LogP contribution in [0, 0.1) is 0 Å². The van der Waals surface area contributed by atoms with E-state index in [9.17, 15) is 18.0 Å². The molecule has 0 atom stereocenters. The van der Waals surface area contributed by atoms with Crippen LogP contribution in [0.1, 0.15) is 25.0 Å². The van der Waals surface area contributed by atoms with Crippen LogP contribution >= 0.6 is 31.9 Å². The van der Waals surface area contributed by atoms with Crippen LogP contribution in [0.15, 0.2) is 50.0 Å². The number of anilines is 1. The third-order valence-corrected chi connectivity index (χ3v) is 6.59. The highest BCUT2D eigenvalue weighted by molar-refractivity contribution is 9.13. The maximum atomic E-state index is 13.1. The highest BCUT2D eigenvalue weighted by Gasteiger charge is 2.33. The number of hydrazone groups is 1. The number of alkyl halides is 3. The lowest BCUT2D eigenvalue weighted by Gasteiger charge is -2.15. The third kappa shape index (κ3) is 4.64. The third-order valence-electron chi connectivity index (χ3n) is 4.44. The van der Waals surface area contributed by atoms with Gasteiger partial charge in [0.2, 0.25) is 0 Å². The molecule has 0 fully saturated rings. The van der Waals surface area contributed by atoms with Crippen LogP contribution < -0.4 is 14.5 Å². The summed E-state index contributed by atoms with van der Waals surface area (Å²) >= 11 is 6.95. The topological polar surface area (TPSA) is 51.1 Å². The molecule has 10 heteroatoms. The van der Waals surface area contributed by atoms with E-state index in [-0.39, 0.29) is 11.3 Å². The van der Waals surface area contributed by atoms with Crippen LogP contribution in [0.25, 0.3) is 6.08 Å². The molecular formula is C21H17Br2F3N2O3. The lowest BCUT2D eigenvalue weighted by atomic mass is 10.1. The van der Waals surface area contributed by atoms with E-state index in [4.69, 9.17) is 9.47 Å². The van der Waals surface area contributed by atoms with Gasteiger partial charge in [-0.2, -0.15) is 23.3 Å². The number of benzene rings is 2. The van der Waals surface area contributed by atoms with Crippen molar-refractivity contribution in [2.24, 2.45) is 5.10 Å². The second kappa shape index (κ2) is 9.04. The molecule has 1 aliphatic rings. The van der Waals surface area contributed by atoms with Crippen molar-refractivity contribution < 1.29 is 27.4 Å². The molecule has 5 nitrogen and oxygen atoms in total. The maximum absolute atomic E-state index is 13.1. The van der Waals surface area contributed by atoms with Gasteiger partial charge in [0.25, 0.3) is 5.91 Å². The van der Waals surface area contributed by atoms with E-state index in [1.807, 2.05) is 6.92 Å². The minimum Gasteiger partial charge on any atom is -0.493 e. The highest BCUT2D eigenvalue weighted by Crippen LogP contribution is 2.44. The first-order valence-electron chi connectivity index (χ1n) is 9.06. The summed E-state index contributed by atoms with van der Waals surface area (Å²) in [6, 6.07) is 6.17. The molecule has 0 radical (unpaired) electrons. The summed E-state index contributed by atoms with van der Waals surface area (Å²) in [5.74, 6) is 0.430. The van der Waals surface area contributed by atoms with Gasteiger partial charge in [0, 0.05) is 4.47 Å². The molecule has 0 unspecified atom stereocenters. The van der Waals surface area contributed by atoms with Gasteiger partial charge in [0.1, 0.15) is 0 Å². The summed E-state index contributed by atoms with van der Waals surface area (Å²) < 4.78 is 51.4. The highest BCUT2D eigenvalue weighted by atomic mass is 79.9. The first-order valence-corrected chi connectivity index (χ1v) is 10.6. The number of rotatable bonds is 5. The predicted octanol–water partition coefficient (Wildman–Crippen LogP) is 6.44. The Balaban J connectivity index is 2.02. The van der Waals surface area contributed by atoms with Gasteiger partial charge in [-0.05, 0) is 81.6 Å². The van der Waals surface area contributed by atoms with Crippen molar-refractivity contribution in [3.05, 3.63) is 56.0 Å². The van der Waals surface area contributed by atoms with Crippen molar-refractivity contribution in [3.63, 3.8) is 0 Å². The molecule has 3 rings (SSSR count). The van der Waals surface area contributed by atoms with Crippen molar-refractivity contribution in [2.75, 3.05) is 18.7 Å². The van der Waals surface area contributed by atoms with Crippen molar-refractivity contribution in [1.82, 2.24) is 0 Å².